The van der Waals surface area contributed by atoms with E-state index in [1.165, 1.54) is 0 Å². The number of benzene rings is 2. The summed E-state index contributed by atoms with van der Waals surface area (Å²) in [6.45, 7) is 4.28. The Morgan fingerprint density at radius 3 is 2.60 bits per heavy atom. The minimum absolute atomic E-state index is 0.135. The molecule has 0 unspecified atom stereocenters. The van der Waals surface area contributed by atoms with Crippen LogP contribution >= 0.6 is 11.6 Å². The monoisotopic (exact) mass is 289 g/mol. The van der Waals surface area contributed by atoms with E-state index in [2.05, 4.69) is 0 Å². The lowest BCUT2D eigenvalue weighted by molar-refractivity contribution is 0.0988. The van der Waals surface area contributed by atoms with Gasteiger partial charge in [-0.05, 0) is 37.6 Å². The van der Waals surface area contributed by atoms with Crippen LogP contribution in [-0.4, -0.2) is 17.6 Å². The van der Waals surface area contributed by atoms with E-state index in [1.54, 1.807) is 47.4 Å². The van der Waals surface area contributed by atoms with Crippen molar-refractivity contribution in [3.05, 3.63) is 58.6 Å². The molecule has 0 aliphatic carbocycles. The SMILES string of the molecule is CCN(C(=O)c1ccccc1Cl)c1cc(O)ccc1C. The molecule has 1 amide bonds. The van der Waals surface area contributed by atoms with Crippen LogP contribution in [0.3, 0.4) is 0 Å². The van der Waals surface area contributed by atoms with Crippen LogP contribution < -0.4 is 4.90 Å². The van der Waals surface area contributed by atoms with E-state index in [0.717, 1.165) is 5.56 Å². The molecule has 2 rings (SSSR count). The highest BCUT2D eigenvalue weighted by Gasteiger charge is 2.20. The van der Waals surface area contributed by atoms with Crippen LogP contribution in [0, 0.1) is 6.92 Å². The summed E-state index contributed by atoms with van der Waals surface area (Å²) in [5, 5.41) is 10.0. The molecule has 0 bridgehead atoms. The van der Waals surface area contributed by atoms with Crippen LogP contribution in [0.25, 0.3) is 0 Å². The quantitative estimate of drug-likeness (QED) is 0.927. The van der Waals surface area contributed by atoms with Gasteiger partial charge in [-0.1, -0.05) is 29.8 Å². The van der Waals surface area contributed by atoms with Gasteiger partial charge in [0.15, 0.2) is 0 Å². The third-order valence-electron chi connectivity index (χ3n) is 3.15. The molecule has 104 valence electrons. The van der Waals surface area contributed by atoms with Crippen LogP contribution in [0.2, 0.25) is 5.02 Å². The number of carbonyl (C=O) groups excluding carboxylic acids is 1. The normalized spacial score (nSPS) is 10.3. The van der Waals surface area contributed by atoms with Gasteiger partial charge >= 0.3 is 0 Å². The van der Waals surface area contributed by atoms with Crippen molar-refractivity contribution in [3.63, 3.8) is 0 Å². The Bertz CT molecular complexity index is 640. The standard InChI is InChI=1S/C16H16ClNO2/c1-3-18(15-10-12(19)9-8-11(15)2)16(20)13-6-4-5-7-14(13)17/h4-10,19H,3H2,1-2H3. The highest BCUT2D eigenvalue weighted by molar-refractivity contribution is 6.34. The van der Waals surface area contributed by atoms with Gasteiger partial charge in [0, 0.05) is 12.6 Å². The average Bonchev–Trinajstić information content (AvgIpc) is 2.44. The summed E-state index contributed by atoms with van der Waals surface area (Å²) >= 11 is 6.08. The average molecular weight is 290 g/mol. The molecule has 0 aliphatic heterocycles. The third-order valence-corrected chi connectivity index (χ3v) is 3.48. The summed E-state index contributed by atoms with van der Waals surface area (Å²) in [4.78, 5) is 14.2. The molecule has 0 atom stereocenters. The van der Waals surface area contributed by atoms with Gasteiger partial charge in [-0.3, -0.25) is 4.79 Å². The molecule has 0 spiro atoms. The fourth-order valence-corrected chi connectivity index (χ4v) is 2.31. The van der Waals surface area contributed by atoms with Crippen molar-refractivity contribution in [2.45, 2.75) is 13.8 Å². The van der Waals surface area contributed by atoms with Crippen molar-refractivity contribution in [2.24, 2.45) is 0 Å². The molecular weight excluding hydrogens is 274 g/mol. The van der Waals surface area contributed by atoms with E-state index in [0.29, 0.717) is 22.8 Å². The van der Waals surface area contributed by atoms with E-state index in [9.17, 15) is 9.90 Å². The molecule has 0 saturated carbocycles. The molecule has 0 aromatic heterocycles. The van der Waals surface area contributed by atoms with Gasteiger partial charge in [0.05, 0.1) is 16.3 Å². The first kappa shape index (κ1) is 14.4. The van der Waals surface area contributed by atoms with Crippen LogP contribution in [0.1, 0.15) is 22.8 Å². The minimum atomic E-state index is -0.174. The molecule has 0 heterocycles. The predicted octanol–water partition coefficient (Wildman–Crippen LogP) is 4.02. The molecule has 3 nitrogen and oxygen atoms in total. The Balaban J connectivity index is 2.45. The predicted molar refractivity (Wildman–Crippen MR) is 81.6 cm³/mol. The fourth-order valence-electron chi connectivity index (χ4n) is 2.09. The molecule has 0 saturated heterocycles. The Morgan fingerprint density at radius 2 is 1.95 bits per heavy atom. The van der Waals surface area contributed by atoms with Crippen molar-refractivity contribution in [2.75, 3.05) is 11.4 Å². The van der Waals surface area contributed by atoms with Crippen molar-refractivity contribution in [3.8, 4) is 5.75 Å². The topological polar surface area (TPSA) is 40.5 Å². The second kappa shape index (κ2) is 5.97. The molecule has 2 aromatic carbocycles. The second-order valence-electron chi connectivity index (χ2n) is 4.50. The maximum atomic E-state index is 12.6. The van der Waals surface area contributed by atoms with E-state index in [-0.39, 0.29) is 11.7 Å². The number of amides is 1. The van der Waals surface area contributed by atoms with Gasteiger partial charge in [0.25, 0.3) is 5.91 Å². The summed E-state index contributed by atoms with van der Waals surface area (Å²) in [5.41, 5.74) is 2.07. The number of phenolic OH excluding ortho intramolecular Hbond substituents is 1. The Hall–Kier alpha value is -2.00. The number of aromatic hydroxyl groups is 1. The maximum Gasteiger partial charge on any atom is 0.259 e. The number of phenols is 1. The van der Waals surface area contributed by atoms with Crippen LogP contribution in [-0.2, 0) is 0 Å². The first-order chi connectivity index (χ1) is 9.54. The lowest BCUT2D eigenvalue weighted by Crippen LogP contribution is -2.31. The largest absolute Gasteiger partial charge is 0.508 e. The summed E-state index contributed by atoms with van der Waals surface area (Å²) in [7, 11) is 0. The number of halogens is 1. The van der Waals surface area contributed by atoms with Crippen LogP contribution in [0.4, 0.5) is 5.69 Å². The highest BCUT2D eigenvalue weighted by Crippen LogP contribution is 2.27. The summed E-state index contributed by atoms with van der Waals surface area (Å²) in [6, 6.07) is 11.9. The molecule has 0 aliphatic rings. The summed E-state index contributed by atoms with van der Waals surface area (Å²) in [6.07, 6.45) is 0. The van der Waals surface area contributed by atoms with E-state index in [4.69, 9.17) is 11.6 Å². The lowest BCUT2D eigenvalue weighted by Gasteiger charge is -2.23. The fraction of sp³-hybridized carbons (Fsp3) is 0.188. The molecule has 20 heavy (non-hydrogen) atoms. The second-order valence-corrected chi connectivity index (χ2v) is 4.91. The molecule has 0 radical (unpaired) electrons. The number of hydrogen-bond donors (Lipinski definition) is 1. The van der Waals surface area contributed by atoms with E-state index < -0.39 is 0 Å². The zero-order valence-corrected chi connectivity index (χ0v) is 12.2. The van der Waals surface area contributed by atoms with E-state index in [1.807, 2.05) is 13.8 Å². The Morgan fingerprint density at radius 1 is 1.25 bits per heavy atom. The minimum Gasteiger partial charge on any atom is -0.508 e. The van der Waals surface area contributed by atoms with Gasteiger partial charge in [-0.2, -0.15) is 0 Å². The third kappa shape index (κ3) is 2.78. The number of anilines is 1. The zero-order valence-electron chi connectivity index (χ0n) is 11.4. The van der Waals surface area contributed by atoms with Gasteiger partial charge in [0.1, 0.15) is 5.75 Å². The number of hydrogen-bond acceptors (Lipinski definition) is 2. The molecule has 2 aromatic rings. The highest BCUT2D eigenvalue weighted by atomic mass is 35.5. The van der Waals surface area contributed by atoms with Gasteiger partial charge in [-0.25, -0.2) is 0 Å². The smallest absolute Gasteiger partial charge is 0.259 e. The molecular formula is C16H16ClNO2. The molecule has 4 heteroatoms. The molecule has 0 fully saturated rings. The van der Waals surface area contributed by atoms with Crippen molar-refractivity contribution < 1.29 is 9.90 Å². The van der Waals surface area contributed by atoms with Crippen molar-refractivity contribution >= 4 is 23.2 Å². The van der Waals surface area contributed by atoms with Crippen LogP contribution in [0.5, 0.6) is 5.75 Å². The first-order valence-corrected chi connectivity index (χ1v) is 6.78. The zero-order chi connectivity index (χ0) is 14.7. The molecule has 1 N–H and O–H groups in total. The van der Waals surface area contributed by atoms with Crippen LogP contribution in [0.15, 0.2) is 42.5 Å². The van der Waals surface area contributed by atoms with Crippen molar-refractivity contribution in [1.29, 1.82) is 0 Å². The van der Waals surface area contributed by atoms with Gasteiger partial charge in [-0.15, -0.1) is 0 Å². The lowest BCUT2D eigenvalue weighted by atomic mass is 10.1. The Labute approximate surface area is 123 Å². The number of aryl methyl sites for hydroxylation is 1. The van der Waals surface area contributed by atoms with Gasteiger partial charge < -0.3 is 10.0 Å². The van der Waals surface area contributed by atoms with Crippen molar-refractivity contribution in [1.82, 2.24) is 0 Å². The Kier molecular flexibility index (Phi) is 4.30. The summed E-state index contributed by atoms with van der Waals surface area (Å²) < 4.78 is 0. The number of nitrogens with zero attached hydrogens (tertiary/aromatic N) is 1. The first-order valence-electron chi connectivity index (χ1n) is 6.40. The number of rotatable bonds is 3. The summed E-state index contributed by atoms with van der Waals surface area (Å²) in [5.74, 6) is -0.0391. The van der Waals surface area contributed by atoms with E-state index >= 15 is 0 Å². The van der Waals surface area contributed by atoms with Gasteiger partial charge in [0.2, 0.25) is 0 Å². The number of carbonyl (C=O) groups is 1. The maximum absolute atomic E-state index is 12.6.